The number of benzene rings is 1. The molecule has 0 radical (unpaired) electrons. The molecule has 2 amide bonds. The van der Waals surface area contributed by atoms with Crippen LogP contribution < -0.4 is 20.7 Å². The quantitative estimate of drug-likeness (QED) is 0.574. The fourth-order valence-electron chi connectivity index (χ4n) is 1.45. The van der Waals surface area contributed by atoms with E-state index in [1.54, 1.807) is 12.1 Å². The molecule has 0 spiro atoms. The van der Waals surface area contributed by atoms with Gasteiger partial charge >= 0.3 is 0 Å². The zero-order valence-electron chi connectivity index (χ0n) is 12.1. The van der Waals surface area contributed by atoms with Gasteiger partial charge in [-0.25, -0.2) is 0 Å². The maximum atomic E-state index is 11.5. The lowest BCUT2D eigenvalue weighted by molar-refractivity contribution is -0.127. The van der Waals surface area contributed by atoms with Crippen LogP contribution in [0.2, 0.25) is 0 Å². The Morgan fingerprint density at radius 2 is 1.76 bits per heavy atom. The predicted octanol–water partition coefficient (Wildman–Crippen LogP) is 0.329. The summed E-state index contributed by atoms with van der Waals surface area (Å²) in [7, 11) is 1.86. The molecule has 0 aliphatic heterocycles. The van der Waals surface area contributed by atoms with Gasteiger partial charge in [0.15, 0.2) is 6.61 Å². The Bertz CT molecular complexity index is 415. The summed E-state index contributed by atoms with van der Waals surface area (Å²) in [5.41, 5.74) is 0. The van der Waals surface area contributed by atoms with Gasteiger partial charge in [0, 0.05) is 6.54 Å². The van der Waals surface area contributed by atoms with Crippen molar-refractivity contribution >= 4 is 24.2 Å². The topological polar surface area (TPSA) is 79.5 Å². The van der Waals surface area contributed by atoms with E-state index in [1.165, 1.54) is 0 Å². The van der Waals surface area contributed by atoms with Crippen LogP contribution in [0.15, 0.2) is 30.3 Å². The minimum Gasteiger partial charge on any atom is -0.484 e. The highest BCUT2D eigenvalue weighted by atomic mass is 35.5. The van der Waals surface area contributed by atoms with E-state index in [-0.39, 0.29) is 37.4 Å². The van der Waals surface area contributed by atoms with E-state index in [1.807, 2.05) is 25.2 Å². The van der Waals surface area contributed by atoms with E-state index >= 15 is 0 Å². The van der Waals surface area contributed by atoms with Crippen molar-refractivity contribution in [3.05, 3.63) is 30.3 Å². The van der Waals surface area contributed by atoms with Gasteiger partial charge in [-0.05, 0) is 32.1 Å². The number of rotatable bonds is 9. The molecular weight excluding hydrogens is 294 g/mol. The molecule has 0 aliphatic carbocycles. The normalized spacial score (nSPS) is 9.38. The molecule has 6 nitrogen and oxygen atoms in total. The van der Waals surface area contributed by atoms with Crippen molar-refractivity contribution in [3.8, 4) is 5.75 Å². The Balaban J connectivity index is 0.00000400. The summed E-state index contributed by atoms with van der Waals surface area (Å²) in [6.07, 6.45) is 0.854. The number of halogens is 1. The van der Waals surface area contributed by atoms with Crippen LogP contribution in [0.1, 0.15) is 6.42 Å². The van der Waals surface area contributed by atoms with Crippen LogP contribution in [0.25, 0.3) is 0 Å². The summed E-state index contributed by atoms with van der Waals surface area (Å²) >= 11 is 0. The van der Waals surface area contributed by atoms with Crippen LogP contribution in [0.4, 0.5) is 0 Å². The molecule has 1 rings (SSSR count). The van der Waals surface area contributed by atoms with E-state index in [0.29, 0.717) is 12.3 Å². The van der Waals surface area contributed by atoms with E-state index in [2.05, 4.69) is 16.0 Å². The van der Waals surface area contributed by atoms with Gasteiger partial charge in [-0.3, -0.25) is 9.59 Å². The predicted molar refractivity (Wildman–Crippen MR) is 83.7 cm³/mol. The van der Waals surface area contributed by atoms with Gasteiger partial charge in [-0.2, -0.15) is 0 Å². The van der Waals surface area contributed by atoms with E-state index in [0.717, 1.165) is 13.0 Å². The van der Waals surface area contributed by atoms with Crippen LogP contribution >= 0.6 is 12.4 Å². The van der Waals surface area contributed by atoms with Gasteiger partial charge < -0.3 is 20.7 Å². The lowest BCUT2D eigenvalue weighted by atomic mass is 10.3. The molecule has 0 saturated heterocycles. The van der Waals surface area contributed by atoms with Crippen LogP contribution in [-0.4, -0.2) is 45.1 Å². The lowest BCUT2D eigenvalue weighted by Gasteiger charge is -2.08. The summed E-state index contributed by atoms with van der Waals surface area (Å²) in [6.45, 7) is 1.31. The third kappa shape index (κ3) is 9.70. The van der Waals surface area contributed by atoms with Crippen molar-refractivity contribution in [1.82, 2.24) is 16.0 Å². The van der Waals surface area contributed by atoms with E-state index < -0.39 is 0 Å². The molecule has 0 unspecified atom stereocenters. The Morgan fingerprint density at radius 3 is 2.43 bits per heavy atom. The first-order valence-corrected chi connectivity index (χ1v) is 6.58. The average Bonchev–Trinajstić information content (AvgIpc) is 2.48. The zero-order chi connectivity index (χ0) is 14.6. The largest absolute Gasteiger partial charge is 0.484 e. The number of nitrogens with one attached hydrogen (secondary N) is 3. The third-order valence-electron chi connectivity index (χ3n) is 2.48. The number of hydrogen-bond acceptors (Lipinski definition) is 4. The first-order chi connectivity index (χ1) is 9.72. The number of carbonyl (C=O) groups is 2. The second kappa shape index (κ2) is 12.0. The van der Waals surface area contributed by atoms with Gasteiger partial charge in [0.05, 0.1) is 6.54 Å². The third-order valence-corrected chi connectivity index (χ3v) is 2.48. The highest BCUT2D eigenvalue weighted by Gasteiger charge is 2.05. The molecule has 7 heteroatoms. The van der Waals surface area contributed by atoms with E-state index in [9.17, 15) is 9.59 Å². The standard InChI is InChI=1S/C14H21N3O3.ClH/c1-15-8-5-9-16-13(18)10-17-14(19)11-20-12-6-3-2-4-7-12;/h2-4,6-7,15H,5,8-11H2,1H3,(H,16,18)(H,17,19);1H. The van der Waals surface area contributed by atoms with Gasteiger partial charge in [0.2, 0.25) is 5.91 Å². The first-order valence-electron chi connectivity index (χ1n) is 6.58. The molecule has 21 heavy (non-hydrogen) atoms. The van der Waals surface area contributed by atoms with Gasteiger partial charge in [0.25, 0.3) is 5.91 Å². The summed E-state index contributed by atoms with van der Waals surface area (Å²) < 4.78 is 5.26. The fourth-order valence-corrected chi connectivity index (χ4v) is 1.45. The molecule has 118 valence electrons. The van der Waals surface area contributed by atoms with Crippen LogP contribution in [0.5, 0.6) is 5.75 Å². The van der Waals surface area contributed by atoms with Crippen LogP contribution in [0.3, 0.4) is 0 Å². The van der Waals surface area contributed by atoms with Gasteiger partial charge in [0.1, 0.15) is 5.75 Å². The van der Waals surface area contributed by atoms with E-state index in [4.69, 9.17) is 4.74 Å². The number of ether oxygens (including phenoxy) is 1. The highest BCUT2D eigenvalue weighted by Crippen LogP contribution is 2.07. The Morgan fingerprint density at radius 1 is 1.05 bits per heavy atom. The summed E-state index contributed by atoms with van der Waals surface area (Å²) in [5.74, 6) is 0.104. The molecule has 0 aliphatic rings. The summed E-state index contributed by atoms with van der Waals surface area (Å²) in [5, 5.41) is 8.20. The smallest absolute Gasteiger partial charge is 0.258 e. The minimum atomic E-state index is -0.320. The minimum absolute atomic E-state index is 0. The molecule has 1 aromatic rings. The van der Waals surface area contributed by atoms with Crippen molar-refractivity contribution in [2.24, 2.45) is 0 Å². The summed E-state index contributed by atoms with van der Waals surface area (Å²) in [6, 6.07) is 9.05. The fraction of sp³-hybridized carbons (Fsp3) is 0.429. The van der Waals surface area contributed by atoms with Crippen molar-refractivity contribution < 1.29 is 14.3 Å². The summed E-state index contributed by atoms with van der Waals surface area (Å²) in [4.78, 5) is 22.9. The van der Waals surface area contributed by atoms with Crippen molar-refractivity contribution in [3.63, 3.8) is 0 Å². The highest BCUT2D eigenvalue weighted by molar-refractivity contribution is 5.85. The number of para-hydroxylation sites is 1. The molecule has 0 fully saturated rings. The molecule has 0 heterocycles. The maximum absolute atomic E-state index is 11.5. The maximum Gasteiger partial charge on any atom is 0.258 e. The molecular formula is C14H22ClN3O3. The molecule has 0 atom stereocenters. The molecule has 0 bridgehead atoms. The van der Waals surface area contributed by atoms with Crippen LogP contribution in [-0.2, 0) is 9.59 Å². The zero-order valence-corrected chi connectivity index (χ0v) is 12.9. The van der Waals surface area contributed by atoms with Crippen molar-refractivity contribution in [2.45, 2.75) is 6.42 Å². The first kappa shape index (κ1) is 19.2. The molecule has 0 saturated carbocycles. The number of carbonyl (C=O) groups excluding carboxylic acids is 2. The van der Waals surface area contributed by atoms with Crippen molar-refractivity contribution in [1.29, 1.82) is 0 Å². The van der Waals surface area contributed by atoms with Crippen molar-refractivity contribution in [2.75, 3.05) is 33.3 Å². The number of hydrogen-bond donors (Lipinski definition) is 3. The van der Waals surface area contributed by atoms with Gasteiger partial charge in [-0.15, -0.1) is 12.4 Å². The Hall–Kier alpha value is -1.79. The Kier molecular flexibility index (Phi) is 11.0. The Labute approximate surface area is 131 Å². The number of amides is 2. The monoisotopic (exact) mass is 315 g/mol. The SMILES string of the molecule is CNCCCNC(=O)CNC(=O)COc1ccccc1.Cl. The van der Waals surface area contributed by atoms with Crippen LogP contribution in [0, 0.1) is 0 Å². The second-order valence-corrected chi connectivity index (χ2v) is 4.19. The lowest BCUT2D eigenvalue weighted by Crippen LogP contribution is -2.39. The van der Waals surface area contributed by atoms with Gasteiger partial charge in [-0.1, -0.05) is 18.2 Å². The second-order valence-electron chi connectivity index (χ2n) is 4.19. The molecule has 1 aromatic carbocycles. The molecule has 3 N–H and O–H groups in total. The average molecular weight is 316 g/mol. The molecule has 0 aromatic heterocycles.